The Morgan fingerprint density at radius 3 is 2.48 bits per heavy atom. The Kier molecular flexibility index (Phi) is 9.13. The normalized spacial score (nSPS) is 12.5. The third kappa shape index (κ3) is 8.12. The highest BCUT2D eigenvalue weighted by atomic mass is 35.5. The van der Waals surface area contributed by atoms with Crippen LogP contribution in [0.4, 0.5) is 0 Å². The van der Waals surface area contributed by atoms with E-state index in [-0.39, 0.29) is 18.5 Å². The second kappa shape index (κ2) is 10.8. The largest absolute Gasteiger partial charge is 0.492 e. The van der Waals surface area contributed by atoms with E-state index in [1.165, 1.54) is 4.90 Å². The van der Waals surface area contributed by atoms with Crippen molar-refractivity contribution in [3.63, 3.8) is 0 Å². The first-order valence-electron chi connectivity index (χ1n) is 8.44. The molecule has 6 nitrogen and oxygen atoms in total. The molecule has 1 aromatic rings. The minimum absolute atomic E-state index is 0.0331. The first kappa shape index (κ1) is 21.1. The molecule has 0 aromatic heterocycles. The number of amides is 1. The number of aliphatic imine (C=N–C) groups is 1. The van der Waals surface area contributed by atoms with E-state index in [0.717, 1.165) is 12.2 Å². The Hall–Kier alpha value is -1.95. The zero-order valence-corrected chi connectivity index (χ0v) is 16.5. The average Bonchev–Trinajstić information content (AvgIpc) is 2.59. The molecule has 1 unspecified atom stereocenters. The molecule has 1 atom stereocenters. The van der Waals surface area contributed by atoms with Crippen LogP contribution in [0.3, 0.4) is 0 Å². The van der Waals surface area contributed by atoms with Gasteiger partial charge in [0.15, 0.2) is 5.96 Å². The van der Waals surface area contributed by atoms with Gasteiger partial charge in [-0.2, -0.15) is 0 Å². The zero-order valence-electron chi connectivity index (χ0n) is 15.8. The van der Waals surface area contributed by atoms with Crippen molar-refractivity contribution >= 4 is 23.5 Å². The Balaban J connectivity index is 2.61. The second-order valence-corrected chi connectivity index (χ2v) is 6.54. The lowest BCUT2D eigenvalue weighted by Gasteiger charge is -2.25. The van der Waals surface area contributed by atoms with Gasteiger partial charge in [0.1, 0.15) is 18.9 Å². The molecule has 0 bridgehead atoms. The molecule has 0 spiro atoms. The van der Waals surface area contributed by atoms with Crippen LogP contribution in [0, 0.1) is 0 Å². The molecule has 1 N–H and O–H groups in total. The van der Waals surface area contributed by atoms with Crippen LogP contribution < -0.4 is 10.1 Å². The highest BCUT2D eigenvalue weighted by Crippen LogP contribution is 2.15. The van der Waals surface area contributed by atoms with Gasteiger partial charge in [-0.3, -0.25) is 4.79 Å². The van der Waals surface area contributed by atoms with Crippen LogP contribution >= 0.6 is 11.6 Å². The number of halogens is 1. The standard InChI is InChI=1S/C18H29ClN4O2/c1-6-14(2)21-18(20-13-17(24)22(3)4)23(5)11-12-25-16-9-7-15(19)8-10-16/h7-10,14H,6,11-13H2,1-5H3,(H,20,21). The van der Waals surface area contributed by atoms with E-state index in [1.54, 1.807) is 26.2 Å². The predicted octanol–water partition coefficient (Wildman–Crippen LogP) is 2.48. The molecular weight excluding hydrogens is 340 g/mol. The maximum absolute atomic E-state index is 11.8. The van der Waals surface area contributed by atoms with Crippen LogP contribution in [0.15, 0.2) is 29.3 Å². The van der Waals surface area contributed by atoms with Gasteiger partial charge in [0.25, 0.3) is 0 Å². The van der Waals surface area contributed by atoms with Crippen LogP contribution in [-0.2, 0) is 4.79 Å². The molecule has 0 saturated carbocycles. The summed E-state index contributed by atoms with van der Waals surface area (Å²) in [5, 5.41) is 4.03. The number of likely N-dealkylation sites (N-methyl/N-ethyl adjacent to an activating group) is 2. The number of carbonyl (C=O) groups is 1. The topological polar surface area (TPSA) is 57.2 Å². The molecule has 0 aliphatic carbocycles. The van der Waals surface area contributed by atoms with E-state index in [9.17, 15) is 4.79 Å². The number of benzene rings is 1. The number of ether oxygens (including phenoxy) is 1. The summed E-state index contributed by atoms with van der Waals surface area (Å²) in [6, 6.07) is 7.54. The second-order valence-electron chi connectivity index (χ2n) is 6.11. The maximum Gasteiger partial charge on any atom is 0.243 e. The molecule has 0 fully saturated rings. The van der Waals surface area contributed by atoms with Crippen molar-refractivity contribution in [1.82, 2.24) is 15.1 Å². The molecule has 1 aromatic carbocycles. The SMILES string of the molecule is CCC(C)NC(=NCC(=O)N(C)C)N(C)CCOc1ccc(Cl)cc1. The molecule has 1 rings (SSSR count). The van der Waals surface area contributed by atoms with Crippen molar-refractivity contribution in [2.24, 2.45) is 4.99 Å². The first-order chi connectivity index (χ1) is 11.8. The summed E-state index contributed by atoms with van der Waals surface area (Å²) in [7, 11) is 5.38. The summed E-state index contributed by atoms with van der Waals surface area (Å²) in [6.07, 6.45) is 0.968. The summed E-state index contributed by atoms with van der Waals surface area (Å²) in [5.41, 5.74) is 0. The summed E-state index contributed by atoms with van der Waals surface area (Å²) in [5.74, 6) is 1.44. The molecule has 1 amide bonds. The van der Waals surface area contributed by atoms with E-state index < -0.39 is 0 Å². The predicted molar refractivity (Wildman–Crippen MR) is 103 cm³/mol. The lowest BCUT2D eigenvalue weighted by molar-refractivity contribution is -0.127. The van der Waals surface area contributed by atoms with Gasteiger partial charge >= 0.3 is 0 Å². The van der Waals surface area contributed by atoms with Crippen molar-refractivity contribution in [3.05, 3.63) is 29.3 Å². The number of guanidine groups is 1. The summed E-state index contributed by atoms with van der Waals surface area (Å²) in [4.78, 5) is 19.7. The van der Waals surface area contributed by atoms with Gasteiger partial charge in [0, 0.05) is 32.2 Å². The van der Waals surface area contributed by atoms with Crippen LogP contribution in [0.25, 0.3) is 0 Å². The van der Waals surface area contributed by atoms with Gasteiger partial charge in [-0.05, 0) is 37.6 Å². The van der Waals surface area contributed by atoms with E-state index >= 15 is 0 Å². The highest BCUT2D eigenvalue weighted by Gasteiger charge is 2.11. The minimum Gasteiger partial charge on any atom is -0.492 e. The third-order valence-electron chi connectivity index (χ3n) is 3.72. The van der Waals surface area contributed by atoms with Gasteiger partial charge in [-0.1, -0.05) is 18.5 Å². The van der Waals surface area contributed by atoms with Crippen LogP contribution in [0.5, 0.6) is 5.75 Å². The molecule has 0 aliphatic heterocycles. The Bertz CT molecular complexity index is 561. The lowest BCUT2D eigenvalue weighted by Crippen LogP contribution is -2.45. The quantitative estimate of drug-likeness (QED) is 0.565. The fourth-order valence-corrected chi connectivity index (χ4v) is 1.95. The Labute approximate surface area is 155 Å². The average molecular weight is 369 g/mol. The molecule has 0 radical (unpaired) electrons. The number of rotatable bonds is 8. The Morgan fingerprint density at radius 2 is 1.92 bits per heavy atom. The van der Waals surface area contributed by atoms with Crippen molar-refractivity contribution in [2.45, 2.75) is 26.3 Å². The van der Waals surface area contributed by atoms with E-state index in [4.69, 9.17) is 16.3 Å². The minimum atomic E-state index is -0.0331. The highest BCUT2D eigenvalue weighted by molar-refractivity contribution is 6.30. The smallest absolute Gasteiger partial charge is 0.243 e. The van der Waals surface area contributed by atoms with Crippen LogP contribution in [0.2, 0.25) is 5.02 Å². The molecule has 0 heterocycles. The number of hydrogen-bond donors (Lipinski definition) is 1. The number of nitrogens with zero attached hydrogens (tertiary/aromatic N) is 3. The third-order valence-corrected chi connectivity index (χ3v) is 3.97. The first-order valence-corrected chi connectivity index (χ1v) is 8.82. The van der Waals surface area contributed by atoms with E-state index in [1.807, 2.05) is 24.1 Å². The van der Waals surface area contributed by atoms with Gasteiger partial charge in [0.05, 0.1) is 6.54 Å². The van der Waals surface area contributed by atoms with E-state index in [0.29, 0.717) is 24.1 Å². The fraction of sp³-hybridized carbons (Fsp3) is 0.556. The molecule has 0 aliphatic rings. The molecule has 25 heavy (non-hydrogen) atoms. The summed E-state index contributed by atoms with van der Waals surface area (Å²) in [6.45, 7) is 5.45. The van der Waals surface area contributed by atoms with Crippen molar-refractivity contribution in [3.8, 4) is 5.75 Å². The van der Waals surface area contributed by atoms with Crippen molar-refractivity contribution in [1.29, 1.82) is 0 Å². The lowest BCUT2D eigenvalue weighted by atomic mass is 10.3. The van der Waals surface area contributed by atoms with Gasteiger partial charge in [0.2, 0.25) is 5.91 Å². The van der Waals surface area contributed by atoms with Crippen molar-refractivity contribution < 1.29 is 9.53 Å². The fourth-order valence-electron chi connectivity index (χ4n) is 1.82. The van der Waals surface area contributed by atoms with Gasteiger partial charge in [-0.25, -0.2) is 4.99 Å². The van der Waals surface area contributed by atoms with Gasteiger partial charge in [-0.15, -0.1) is 0 Å². The van der Waals surface area contributed by atoms with Gasteiger partial charge < -0.3 is 19.9 Å². The number of hydrogen-bond acceptors (Lipinski definition) is 3. The summed E-state index contributed by atoms with van der Waals surface area (Å²) >= 11 is 5.86. The molecular formula is C18H29ClN4O2. The van der Waals surface area contributed by atoms with E-state index in [2.05, 4.69) is 24.2 Å². The summed E-state index contributed by atoms with van der Waals surface area (Å²) < 4.78 is 5.72. The van der Waals surface area contributed by atoms with Crippen LogP contribution in [0.1, 0.15) is 20.3 Å². The zero-order chi connectivity index (χ0) is 18.8. The molecule has 7 heteroatoms. The number of carbonyl (C=O) groups excluding carboxylic acids is 1. The maximum atomic E-state index is 11.8. The van der Waals surface area contributed by atoms with Crippen LogP contribution in [-0.4, -0.2) is 68.5 Å². The van der Waals surface area contributed by atoms with Crippen molar-refractivity contribution in [2.75, 3.05) is 40.8 Å². The monoisotopic (exact) mass is 368 g/mol. The molecule has 0 saturated heterocycles. The Morgan fingerprint density at radius 1 is 1.28 bits per heavy atom. The number of nitrogens with one attached hydrogen (secondary N) is 1. The molecule has 140 valence electrons.